The second-order valence-corrected chi connectivity index (χ2v) is 17.0. The van der Waals surface area contributed by atoms with E-state index in [1.807, 2.05) is 192 Å². The molecular weight excluding hydrogens is 829 g/mol. The summed E-state index contributed by atoms with van der Waals surface area (Å²) in [4.78, 5) is 0.716. The van der Waals surface area contributed by atoms with Crippen LogP contribution in [0.5, 0.6) is 0 Å². The van der Waals surface area contributed by atoms with Crippen molar-refractivity contribution >= 4 is 31.4 Å². The molecule has 0 aromatic heterocycles. The van der Waals surface area contributed by atoms with Gasteiger partial charge >= 0.3 is 0 Å². The van der Waals surface area contributed by atoms with Crippen LogP contribution in [0.1, 0.15) is 129 Å². The first-order chi connectivity index (χ1) is 31.3. The molecule has 6 nitrogen and oxygen atoms in total. The van der Waals surface area contributed by atoms with Crippen LogP contribution in [0.15, 0.2) is 168 Å². The van der Waals surface area contributed by atoms with E-state index in [0.717, 1.165) is 72.2 Å². The maximum atomic E-state index is 13.3. The minimum absolute atomic E-state index is 0.353. The van der Waals surface area contributed by atoms with Gasteiger partial charge in [-0.25, -0.2) is 16.8 Å². The van der Waals surface area contributed by atoms with Gasteiger partial charge in [0.2, 0.25) is 0 Å². The molecule has 0 bridgehead atoms. The summed E-state index contributed by atoms with van der Waals surface area (Å²) in [6.07, 6.45) is 5.07. The van der Waals surface area contributed by atoms with Crippen molar-refractivity contribution in [2.24, 2.45) is 0 Å². The molecule has 2 aliphatic heterocycles. The Bertz CT molecular complexity index is 2350. The van der Waals surface area contributed by atoms with Gasteiger partial charge in [-0.1, -0.05) is 204 Å². The lowest BCUT2D eigenvalue weighted by Gasteiger charge is -2.30. The van der Waals surface area contributed by atoms with E-state index in [4.69, 9.17) is 0 Å². The number of para-hydroxylation sites is 2. The molecule has 8 heteroatoms. The lowest BCUT2D eigenvalue weighted by Crippen LogP contribution is -2.35. The fraction of sp³-hybridized carbons (Fsp3) is 0.357. The molecule has 8 rings (SSSR count). The van der Waals surface area contributed by atoms with Gasteiger partial charge in [-0.2, -0.15) is 0 Å². The molecule has 348 valence electrons. The first-order valence-corrected chi connectivity index (χ1v) is 26.6. The summed E-state index contributed by atoms with van der Waals surface area (Å²) in [5, 5.41) is 0. The largest absolute Gasteiger partial charge is 0.266 e. The van der Waals surface area contributed by atoms with Crippen molar-refractivity contribution in [3.8, 4) is 0 Å². The summed E-state index contributed by atoms with van der Waals surface area (Å²) in [5.41, 5.74) is 8.32. The maximum Gasteiger partial charge on any atom is 0.264 e. The summed E-state index contributed by atoms with van der Waals surface area (Å²) in [6, 6.07) is 50.4. The van der Waals surface area contributed by atoms with Gasteiger partial charge in [-0.3, -0.25) is 8.61 Å². The Morgan fingerprint density at radius 1 is 0.359 bits per heavy atom. The van der Waals surface area contributed by atoms with Crippen LogP contribution in [0.2, 0.25) is 0 Å². The lowest BCUT2D eigenvalue weighted by molar-refractivity contribution is 0.585. The molecule has 0 atom stereocenters. The molecule has 0 N–H and O–H groups in total. The van der Waals surface area contributed by atoms with Gasteiger partial charge in [0.1, 0.15) is 0 Å². The average Bonchev–Trinajstić information content (AvgIpc) is 3.38. The predicted octanol–water partition coefficient (Wildman–Crippen LogP) is 15.0. The number of rotatable bonds is 8. The summed E-state index contributed by atoms with van der Waals surface area (Å²) in [6.45, 7) is 25.1. The van der Waals surface area contributed by atoms with Crippen molar-refractivity contribution < 1.29 is 16.8 Å². The molecule has 2 aliphatic rings. The molecule has 0 radical (unpaired) electrons. The highest BCUT2D eigenvalue weighted by Crippen LogP contribution is 2.33. The first-order valence-electron chi connectivity index (χ1n) is 23.8. The van der Waals surface area contributed by atoms with E-state index in [-0.39, 0.29) is 0 Å². The Morgan fingerprint density at radius 3 is 1.14 bits per heavy atom. The third kappa shape index (κ3) is 16.1. The van der Waals surface area contributed by atoms with E-state index >= 15 is 0 Å². The number of sulfonamides is 2. The maximum absolute atomic E-state index is 13.3. The van der Waals surface area contributed by atoms with Gasteiger partial charge in [0.25, 0.3) is 20.0 Å². The summed E-state index contributed by atoms with van der Waals surface area (Å²) in [5.74, 6) is 0. The van der Waals surface area contributed by atoms with Crippen molar-refractivity contribution in [3.63, 3.8) is 0 Å². The van der Waals surface area contributed by atoms with Gasteiger partial charge in [0.15, 0.2) is 0 Å². The van der Waals surface area contributed by atoms with E-state index in [9.17, 15) is 16.8 Å². The lowest BCUT2D eigenvalue weighted by atomic mass is 10.0. The predicted molar refractivity (Wildman–Crippen MR) is 278 cm³/mol. The molecule has 6 aromatic carbocycles. The standard InChI is InChI=1S/2C22H21NO2S.6C2H6/c24-26(25,23-15-7-12-20-11-4-5-14-22(20)23)21-13-6-10-19(17-21)16-18-8-2-1-3-9-18;24-26(25,23-16-6-10-20-9-4-5-11-22(20)23)21-14-12-19(13-15-21)17-18-7-2-1-3-8-18;6*1-2/h1-6,8-11,13-14,17H,7,12,15-16H2;1-5,7-9,11-15H,6,10,16-17H2;6*1-2H3. The minimum atomic E-state index is -3.56. The van der Waals surface area contributed by atoms with Crippen LogP contribution >= 0.6 is 0 Å². The smallest absolute Gasteiger partial charge is 0.264 e. The number of fused-ring (bicyclic) bond motifs is 2. The van der Waals surface area contributed by atoms with Crippen molar-refractivity contribution in [1.29, 1.82) is 0 Å². The zero-order valence-corrected chi connectivity index (χ0v) is 42.6. The first kappa shape index (κ1) is 56.8. The SMILES string of the molecule is CC.CC.CC.CC.CC.CC.O=S(=O)(c1ccc(Cc2ccccc2)cc1)N1CCCc2ccccc21.O=S(=O)(c1cccc(Cc2ccccc2)c1)N1CCCc2ccccc21. The number of hydrogen-bond acceptors (Lipinski definition) is 4. The molecule has 0 saturated carbocycles. The highest BCUT2D eigenvalue weighted by molar-refractivity contribution is 7.93. The molecule has 2 heterocycles. The number of benzene rings is 6. The van der Waals surface area contributed by atoms with Crippen LogP contribution in [-0.2, 0) is 45.7 Å². The summed E-state index contributed by atoms with van der Waals surface area (Å²) < 4.78 is 56.0. The fourth-order valence-corrected chi connectivity index (χ4v) is 10.2. The van der Waals surface area contributed by atoms with Crippen LogP contribution in [0.25, 0.3) is 0 Å². The number of aryl methyl sites for hydroxylation is 2. The van der Waals surface area contributed by atoms with Crippen LogP contribution < -0.4 is 8.61 Å². The van der Waals surface area contributed by atoms with E-state index in [0.29, 0.717) is 22.9 Å². The Hall–Kier alpha value is -5.18. The quantitative estimate of drug-likeness (QED) is 0.152. The second-order valence-electron chi connectivity index (χ2n) is 13.2. The van der Waals surface area contributed by atoms with Gasteiger partial charge in [0.05, 0.1) is 21.2 Å². The van der Waals surface area contributed by atoms with Gasteiger partial charge in [0, 0.05) is 13.1 Å². The van der Waals surface area contributed by atoms with Crippen molar-refractivity contribution in [2.45, 2.75) is 131 Å². The van der Waals surface area contributed by atoms with E-state index in [1.165, 1.54) is 11.1 Å². The molecule has 0 amide bonds. The van der Waals surface area contributed by atoms with Crippen LogP contribution in [0, 0.1) is 0 Å². The van der Waals surface area contributed by atoms with E-state index in [1.54, 1.807) is 32.9 Å². The molecular formula is C56H78N2O4S2. The molecule has 0 aliphatic carbocycles. The zero-order valence-electron chi connectivity index (χ0n) is 41.0. The van der Waals surface area contributed by atoms with Crippen LogP contribution in [0.3, 0.4) is 0 Å². The summed E-state index contributed by atoms with van der Waals surface area (Å²) >= 11 is 0. The zero-order chi connectivity index (χ0) is 48.0. The molecule has 64 heavy (non-hydrogen) atoms. The minimum Gasteiger partial charge on any atom is -0.266 e. The third-order valence-corrected chi connectivity index (χ3v) is 13.3. The Morgan fingerprint density at radius 2 is 0.703 bits per heavy atom. The summed E-state index contributed by atoms with van der Waals surface area (Å²) in [7, 11) is -7.09. The van der Waals surface area contributed by atoms with Crippen molar-refractivity contribution in [2.75, 3.05) is 21.7 Å². The molecule has 0 saturated heterocycles. The third-order valence-electron chi connectivity index (χ3n) is 9.64. The number of hydrogen-bond donors (Lipinski definition) is 0. The van der Waals surface area contributed by atoms with E-state index < -0.39 is 20.0 Å². The monoisotopic (exact) mass is 907 g/mol. The average molecular weight is 907 g/mol. The second kappa shape index (κ2) is 31.6. The number of anilines is 2. The Balaban J connectivity index is 0.000000519. The molecule has 0 spiro atoms. The molecule has 0 unspecified atom stereocenters. The van der Waals surface area contributed by atoms with Crippen molar-refractivity contribution in [3.05, 3.63) is 191 Å². The molecule has 6 aromatic rings. The van der Waals surface area contributed by atoms with E-state index in [2.05, 4.69) is 24.3 Å². The van der Waals surface area contributed by atoms with Crippen LogP contribution in [0.4, 0.5) is 11.4 Å². The normalized spacial score (nSPS) is 12.0. The molecule has 0 fully saturated rings. The topological polar surface area (TPSA) is 74.8 Å². The van der Waals surface area contributed by atoms with Gasteiger partial charge in [-0.15, -0.1) is 0 Å². The Kier molecular flexibility index (Phi) is 28.1. The van der Waals surface area contributed by atoms with Crippen molar-refractivity contribution in [1.82, 2.24) is 0 Å². The van der Waals surface area contributed by atoms with Gasteiger partial charge < -0.3 is 0 Å². The fourth-order valence-electron chi connectivity index (χ4n) is 7.01. The number of nitrogens with zero attached hydrogens (tertiary/aromatic N) is 2. The van der Waals surface area contributed by atoms with Crippen LogP contribution in [-0.4, -0.2) is 29.9 Å². The Labute approximate surface area is 390 Å². The highest BCUT2D eigenvalue weighted by atomic mass is 32.2. The highest BCUT2D eigenvalue weighted by Gasteiger charge is 2.30. The van der Waals surface area contributed by atoms with Gasteiger partial charge in [-0.05, 0) is 108 Å².